The Labute approximate surface area is 149 Å². The van der Waals surface area contributed by atoms with Crippen molar-refractivity contribution in [2.75, 3.05) is 40.4 Å². The molecule has 1 saturated heterocycles. The van der Waals surface area contributed by atoms with Crippen LogP contribution in [0.1, 0.15) is 37.0 Å². The minimum absolute atomic E-state index is 0.0599. The maximum atomic E-state index is 12.9. The molecule has 1 aliphatic rings. The lowest BCUT2D eigenvalue weighted by Gasteiger charge is -2.23. The van der Waals surface area contributed by atoms with Gasteiger partial charge in [-0.1, -0.05) is 13.8 Å². The smallest absolute Gasteiger partial charge is 0.254 e. The highest BCUT2D eigenvalue weighted by Gasteiger charge is 2.23. The van der Waals surface area contributed by atoms with Crippen molar-refractivity contribution >= 4 is 11.8 Å². The van der Waals surface area contributed by atoms with Crippen molar-refractivity contribution in [2.45, 2.75) is 26.7 Å². The SMILES string of the molecule is COc1cc(OC)cc(C(=O)N2CCCN(C(=O)CC(C)C)CC2)c1. The summed E-state index contributed by atoms with van der Waals surface area (Å²) in [5.74, 6) is 1.64. The molecule has 1 aliphatic heterocycles. The summed E-state index contributed by atoms with van der Waals surface area (Å²) in [5, 5.41) is 0. The monoisotopic (exact) mass is 348 g/mol. The molecule has 2 amide bonds. The van der Waals surface area contributed by atoms with Crippen molar-refractivity contribution in [2.24, 2.45) is 5.92 Å². The van der Waals surface area contributed by atoms with Crippen molar-refractivity contribution in [3.8, 4) is 11.5 Å². The van der Waals surface area contributed by atoms with Gasteiger partial charge in [-0.2, -0.15) is 0 Å². The molecule has 0 bridgehead atoms. The molecule has 0 aliphatic carbocycles. The quantitative estimate of drug-likeness (QED) is 0.820. The first-order valence-corrected chi connectivity index (χ1v) is 8.74. The molecule has 0 saturated carbocycles. The van der Waals surface area contributed by atoms with Crippen LogP contribution in [0.4, 0.5) is 0 Å². The zero-order valence-corrected chi connectivity index (χ0v) is 15.6. The van der Waals surface area contributed by atoms with Gasteiger partial charge in [0.05, 0.1) is 14.2 Å². The Bertz CT molecular complexity index is 593. The molecule has 6 heteroatoms. The summed E-state index contributed by atoms with van der Waals surface area (Å²) >= 11 is 0. The van der Waals surface area contributed by atoms with Crippen LogP contribution in [0.25, 0.3) is 0 Å². The van der Waals surface area contributed by atoms with Gasteiger partial charge in [-0.25, -0.2) is 0 Å². The molecule has 1 fully saturated rings. The Hall–Kier alpha value is -2.24. The maximum absolute atomic E-state index is 12.9. The third-order valence-electron chi connectivity index (χ3n) is 4.32. The molecule has 6 nitrogen and oxygen atoms in total. The average molecular weight is 348 g/mol. The van der Waals surface area contributed by atoms with E-state index in [1.54, 1.807) is 37.3 Å². The second-order valence-electron chi connectivity index (χ2n) is 6.73. The van der Waals surface area contributed by atoms with Crippen molar-refractivity contribution in [1.29, 1.82) is 0 Å². The van der Waals surface area contributed by atoms with Crippen LogP contribution in [0.3, 0.4) is 0 Å². The van der Waals surface area contributed by atoms with E-state index >= 15 is 0 Å². The normalized spacial score (nSPS) is 15.1. The molecule has 0 unspecified atom stereocenters. The molecule has 1 heterocycles. The van der Waals surface area contributed by atoms with Crippen LogP contribution >= 0.6 is 0 Å². The predicted molar refractivity (Wildman–Crippen MR) is 96.1 cm³/mol. The summed E-state index contributed by atoms with van der Waals surface area (Å²) in [6, 6.07) is 5.18. The molecule has 1 aromatic carbocycles. The van der Waals surface area contributed by atoms with Gasteiger partial charge in [-0.05, 0) is 24.5 Å². The summed E-state index contributed by atoms with van der Waals surface area (Å²) < 4.78 is 10.5. The second-order valence-corrected chi connectivity index (χ2v) is 6.73. The first kappa shape index (κ1) is 19.1. The Kier molecular flexibility index (Phi) is 6.67. The predicted octanol–water partition coefficient (Wildman–Crippen LogP) is 2.42. The van der Waals surface area contributed by atoms with E-state index in [0.29, 0.717) is 55.6 Å². The Morgan fingerprint density at radius 3 is 2.08 bits per heavy atom. The second kappa shape index (κ2) is 8.74. The van der Waals surface area contributed by atoms with E-state index in [9.17, 15) is 9.59 Å². The van der Waals surface area contributed by atoms with Gasteiger partial charge in [0.15, 0.2) is 0 Å². The zero-order valence-electron chi connectivity index (χ0n) is 15.6. The van der Waals surface area contributed by atoms with Crippen molar-refractivity contribution < 1.29 is 19.1 Å². The number of nitrogens with zero attached hydrogens (tertiary/aromatic N) is 2. The molecule has 0 atom stereocenters. The number of benzene rings is 1. The minimum atomic E-state index is -0.0599. The maximum Gasteiger partial charge on any atom is 0.254 e. The first-order chi connectivity index (χ1) is 11.9. The van der Waals surface area contributed by atoms with Crippen molar-refractivity contribution in [3.63, 3.8) is 0 Å². The topological polar surface area (TPSA) is 59.1 Å². The standard InChI is InChI=1S/C19H28N2O4/c1-14(2)10-18(22)20-6-5-7-21(9-8-20)19(23)15-11-16(24-3)13-17(12-15)25-4/h11-14H,5-10H2,1-4H3. The number of carbonyl (C=O) groups excluding carboxylic acids is 2. The van der Waals surface area contributed by atoms with E-state index in [2.05, 4.69) is 0 Å². The Morgan fingerprint density at radius 1 is 0.960 bits per heavy atom. The molecule has 0 spiro atoms. The lowest BCUT2D eigenvalue weighted by molar-refractivity contribution is -0.131. The van der Waals surface area contributed by atoms with Crippen LogP contribution in [0, 0.1) is 5.92 Å². The Morgan fingerprint density at radius 2 is 1.52 bits per heavy atom. The van der Waals surface area contributed by atoms with Crippen LogP contribution in [0.2, 0.25) is 0 Å². The summed E-state index contributed by atoms with van der Waals surface area (Å²) in [7, 11) is 3.13. The lowest BCUT2D eigenvalue weighted by atomic mass is 10.1. The minimum Gasteiger partial charge on any atom is -0.497 e. The van der Waals surface area contributed by atoms with E-state index in [-0.39, 0.29) is 11.8 Å². The fourth-order valence-electron chi connectivity index (χ4n) is 2.96. The van der Waals surface area contributed by atoms with Crippen LogP contribution < -0.4 is 9.47 Å². The first-order valence-electron chi connectivity index (χ1n) is 8.74. The molecule has 25 heavy (non-hydrogen) atoms. The van der Waals surface area contributed by atoms with Gasteiger partial charge in [0, 0.05) is 44.2 Å². The Balaban J connectivity index is 2.07. The number of hydrogen-bond acceptors (Lipinski definition) is 4. The van der Waals surface area contributed by atoms with Gasteiger partial charge in [0.2, 0.25) is 5.91 Å². The molecular weight excluding hydrogens is 320 g/mol. The van der Waals surface area contributed by atoms with E-state index in [4.69, 9.17) is 9.47 Å². The average Bonchev–Trinajstić information content (AvgIpc) is 2.86. The molecule has 0 aromatic heterocycles. The van der Waals surface area contributed by atoms with Crippen molar-refractivity contribution in [1.82, 2.24) is 9.80 Å². The molecule has 138 valence electrons. The summed E-state index contributed by atoms with van der Waals surface area (Å²) in [5.41, 5.74) is 0.540. The van der Waals surface area contributed by atoms with E-state index in [1.165, 1.54) is 0 Å². The van der Waals surface area contributed by atoms with Crippen LogP contribution in [0.5, 0.6) is 11.5 Å². The van der Waals surface area contributed by atoms with Crippen LogP contribution in [0.15, 0.2) is 18.2 Å². The van der Waals surface area contributed by atoms with Gasteiger partial charge in [-0.3, -0.25) is 9.59 Å². The van der Waals surface area contributed by atoms with Gasteiger partial charge >= 0.3 is 0 Å². The highest BCUT2D eigenvalue weighted by atomic mass is 16.5. The van der Waals surface area contributed by atoms with Gasteiger partial charge < -0.3 is 19.3 Å². The van der Waals surface area contributed by atoms with Gasteiger partial charge in [0.1, 0.15) is 11.5 Å². The zero-order chi connectivity index (χ0) is 18.4. The van der Waals surface area contributed by atoms with Gasteiger partial charge in [0.25, 0.3) is 5.91 Å². The summed E-state index contributed by atoms with van der Waals surface area (Å²) in [4.78, 5) is 28.8. The van der Waals surface area contributed by atoms with Gasteiger partial charge in [-0.15, -0.1) is 0 Å². The molecule has 1 aromatic rings. The van der Waals surface area contributed by atoms with E-state index in [0.717, 1.165) is 6.42 Å². The highest BCUT2D eigenvalue weighted by Crippen LogP contribution is 2.24. The number of hydrogen-bond donors (Lipinski definition) is 0. The lowest BCUT2D eigenvalue weighted by Crippen LogP contribution is -2.37. The number of ether oxygens (including phenoxy) is 2. The molecular formula is C19H28N2O4. The fourth-order valence-corrected chi connectivity index (χ4v) is 2.96. The van der Waals surface area contributed by atoms with Crippen LogP contribution in [-0.2, 0) is 4.79 Å². The van der Waals surface area contributed by atoms with Crippen LogP contribution in [-0.4, -0.2) is 62.0 Å². The van der Waals surface area contributed by atoms with E-state index in [1.807, 2.05) is 18.7 Å². The highest BCUT2D eigenvalue weighted by molar-refractivity contribution is 5.95. The third kappa shape index (κ3) is 5.11. The summed E-state index contributed by atoms with van der Waals surface area (Å²) in [6.45, 7) is 6.56. The number of carbonyl (C=O) groups is 2. The molecule has 2 rings (SSSR count). The molecule has 0 radical (unpaired) electrons. The largest absolute Gasteiger partial charge is 0.497 e. The third-order valence-corrected chi connectivity index (χ3v) is 4.32. The fraction of sp³-hybridized carbons (Fsp3) is 0.579. The number of methoxy groups -OCH3 is 2. The summed E-state index contributed by atoms with van der Waals surface area (Å²) in [6.07, 6.45) is 1.34. The molecule has 0 N–H and O–H groups in total. The number of amides is 2. The van der Waals surface area contributed by atoms with E-state index < -0.39 is 0 Å². The number of rotatable bonds is 5. The van der Waals surface area contributed by atoms with Crippen molar-refractivity contribution in [3.05, 3.63) is 23.8 Å².